The highest BCUT2D eigenvalue weighted by Gasteiger charge is 2.18. The third-order valence-electron chi connectivity index (χ3n) is 5.12. The molecular formula is C24H40O2S. The van der Waals surface area contributed by atoms with Crippen molar-refractivity contribution in [2.75, 3.05) is 0 Å². The first kappa shape index (κ1) is 24.1. The molecule has 1 unspecified atom stereocenters. The Morgan fingerprint density at radius 1 is 0.778 bits per heavy atom. The van der Waals surface area contributed by atoms with E-state index in [-0.39, 0.29) is 5.25 Å². The van der Waals surface area contributed by atoms with Gasteiger partial charge in [0.25, 0.3) is 0 Å². The fourth-order valence-corrected chi connectivity index (χ4v) is 4.45. The van der Waals surface area contributed by atoms with Gasteiger partial charge in [0.1, 0.15) is 5.25 Å². The maximum absolute atomic E-state index is 11.4. The molecule has 0 amide bonds. The first-order valence-corrected chi connectivity index (χ1v) is 12.1. The fraction of sp³-hybridized carbons (Fsp3) is 0.708. The second-order valence-electron chi connectivity index (χ2n) is 7.64. The Kier molecular flexibility index (Phi) is 15.3. The number of hydrogen-bond donors (Lipinski definition) is 1. The Balaban J connectivity index is 1.93. The molecule has 0 saturated heterocycles. The standard InChI is InChI=1S/C24H40O2S/c1-2-3-4-5-6-7-8-9-10-11-12-13-14-18-21-23(24(25)26)27-22-19-16-15-17-20-22/h15-17,19-20,23H,2-14,18,21H2,1H3,(H,25,26). The zero-order valence-corrected chi connectivity index (χ0v) is 18.2. The number of thioether (sulfide) groups is 1. The van der Waals surface area contributed by atoms with Gasteiger partial charge in [0.15, 0.2) is 0 Å². The SMILES string of the molecule is CCCCCCCCCCCCCCCCC(Sc1ccccc1)C(=O)O. The van der Waals surface area contributed by atoms with E-state index < -0.39 is 5.97 Å². The number of unbranched alkanes of at least 4 members (excludes halogenated alkanes) is 13. The van der Waals surface area contributed by atoms with Crippen LogP contribution in [0.1, 0.15) is 103 Å². The van der Waals surface area contributed by atoms with Crippen molar-refractivity contribution in [3.63, 3.8) is 0 Å². The summed E-state index contributed by atoms with van der Waals surface area (Å²) >= 11 is 1.48. The predicted octanol–water partition coefficient (Wildman–Crippen LogP) is 8.10. The van der Waals surface area contributed by atoms with E-state index >= 15 is 0 Å². The van der Waals surface area contributed by atoms with Crippen molar-refractivity contribution in [2.45, 2.75) is 113 Å². The summed E-state index contributed by atoms with van der Waals surface area (Å²) in [4.78, 5) is 12.5. The topological polar surface area (TPSA) is 37.3 Å². The predicted molar refractivity (Wildman–Crippen MR) is 119 cm³/mol. The molecule has 0 radical (unpaired) electrons. The molecule has 27 heavy (non-hydrogen) atoms. The summed E-state index contributed by atoms with van der Waals surface area (Å²) in [5, 5.41) is 9.10. The Morgan fingerprint density at radius 3 is 1.67 bits per heavy atom. The Hall–Kier alpha value is -0.960. The van der Waals surface area contributed by atoms with Crippen molar-refractivity contribution >= 4 is 17.7 Å². The summed E-state index contributed by atoms with van der Waals surface area (Å²) in [6, 6.07) is 9.88. The molecule has 0 bridgehead atoms. The summed E-state index contributed by atoms with van der Waals surface area (Å²) in [5.74, 6) is -0.682. The van der Waals surface area contributed by atoms with Gasteiger partial charge in [-0.1, -0.05) is 115 Å². The van der Waals surface area contributed by atoms with Crippen molar-refractivity contribution in [1.29, 1.82) is 0 Å². The van der Waals surface area contributed by atoms with Gasteiger partial charge in [-0.3, -0.25) is 4.79 Å². The smallest absolute Gasteiger partial charge is 0.316 e. The summed E-state index contributed by atoms with van der Waals surface area (Å²) in [6.45, 7) is 2.27. The van der Waals surface area contributed by atoms with Gasteiger partial charge in [-0.15, -0.1) is 11.8 Å². The summed E-state index contributed by atoms with van der Waals surface area (Å²) in [5.41, 5.74) is 0. The summed E-state index contributed by atoms with van der Waals surface area (Å²) in [7, 11) is 0. The van der Waals surface area contributed by atoms with Crippen LogP contribution in [-0.4, -0.2) is 16.3 Å². The molecule has 0 aliphatic heterocycles. The molecule has 0 aliphatic rings. The summed E-state index contributed by atoms with van der Waals surface area (Å²) < 4.78 is 0. The van der Waals surface area contributed by atoms with Crippen LogP contribution in [0.25, 0.3) is 0 Å². The van der Waals surface area contributed by atoms with E-state index in [1.807, 2.05) is 30.3 Å². The zero-order valence-electron chi connectivity index (χ0n) is 17.3. The van der Waals surface area contributed by atoms with Gasteiger partial charge in [-0.2, -0.15) is 0 Å². The third kappa shape index (κ3) is 13.8. The molecule has 154 valence electrons. The van der Waals surface area contributed by atoms with Crippen molar-refractivity contribution in [3.8, 4) is 0 Å². The number of aliphatic carboxylic acids is 1. The molecule has 1 rings (SSSR count). The average molecular weight is 393 g/mol. The molecular weight excluding hydrogens is 352 g/mol. The van der Waals surface area contributed by atoms with Crippen LogP contribution in [0.5, 0.6) is 0 Å². The van der Waals surface area contributed by atoms with Crippen LogP contribution < -0.4 is 0 Å². The Labute approximate surface area is 171 Å². The number of benzene rings is 1. The molecule has 0 saturated carbocycles. The second-order valence-corrected chi connectivity index (χ2v) is 8.92. The number of carbonyl (C=O) groups is 1. The van der Waals surface area contributed by atoms with Gasteiger partial charge >= 0.3 is 5.97 Å². The minimum atomic E-state index is -0.682. The van der Waals surface area contributed by atoms with Crippen LogP contribution in [0.4, 0.5) is 0 Å². The quantitative estimate of drug-likeness (QED) is 0.202. The number of carboxylic acid groups (broad SMARTS) is 1. The van der Waals surface area contributed by atoms with Gasteiger partial charge in [-0.05, 0) is 18.6 Å². The molecule has 3 heteroatoms. The maximum Gasteiger partial charge on any atom is 0.316 e. The maximum atomic E-state index is 11.4. The molecule has 0 fully saturated rings. The lowest BCUT2D eigenvalue weighted by Gasteiger charge is -2.11. The fourth-order valence-electron chi connectivity index (χ4n) is 3.42. The minimum absolute atomic E-state index is 0.315. The van der Waals surface area contributed by atoms with E-state index in [4.69, 9.17) is 0 Å². The summed E-state index contributed by atoms with van der Waals surface area (Å²) in [6.07, 6.45) is 19.4. The molecule has 1 aromatic carbocycles. The molecule has 1 atom stereocenters. The molecule has 1 aromatic rings. The lowest BCUT2D eigenvalue weighted by molar-refractivity contribution is -0.136. The van der Waals surface area contributed by atoms with Crippen LogP contribution in [-0.2, 0) is 4.79 Å². The van der Waals surface area contributed by atoms with Crippen LogP contribution in [0.2, 0.25) is 0 Å². The van der Waals surface area contributed by atoms with Gasteiger partial charge in [0.2, 0.25) is 0 Å². The lowest BCUT2D eigenvalue weighted by atomic mass is 10.0. The van der Waals surface area contributed by atoms with E-state index in [1.165, 1.54) is 88.8 Å². The van der Waals surface area contributed by atoms with Crippen molar-refractivity contribution in [1.82, 2.24) is 0 Å². The second kappa shape index (κ2) is 17.2. The molecule has 0 aromatic heterocycles. The highest BCUT2D eigenvalue weighted by Crippen LogP contribution is 2.27. The van der Waals surface area contributed by atoms with E-state index in [0.29, 0.717) is 0 Å². The van der Waals surface area contributed by atoms with Crippen LogP contribution >= 0.6 is 11.8 Å². The highest BCUT2D eigenvalue weighted by molar-refractivity contribution is 8.00. The van der Waals surface area contributed by atoms with E-state index in [0.717, 1.165) is 24.2 Å². The highest BCUT2D eigenvalue weighted by atomic mass is 32.2. The monoisotopic (exact) mass is 392 g/mol. The average Bonchev–Trinajstić information content (AvgIpc) is 2.68. The molecule has 0 heterocycles. The number of carboxylic acids is 1. The van der Waals surface area contributed by atoms with Crippen LogP contribution in [0, 0.1) is 0 Å². The van der Waals surface area contributed by atoms with Crippen LogP contribution in [0.3, 0.4) is 0 Å². The van der Waals surface area contributed by atoms with Gasteiger partial charge in [0, 0.05) is 4.90 Å². The normalized spacial score (nSPS) is 12.2. The third-order valence-corrected chi connectivity index (χ3v) is 6.38. The van der Waals surface area contributed by atoms with Gasteiger partial charge in [0.05, 0.1) is 0 Å². The van der Waals surface area contributed by atoms with Gasteiger partial charge < -0.3 is 5.11 Å². The van der Waals surface area contributed by atoms with Crippen LogP contribution in [0.15, 0.2) is 35.2 Å². The first-order chi connectivity index (χ1) is 13.2. The van der Waals surface area contributed by atoms with Crippen molar-refractivity contribution in [3.05, 3.63) is 30.3 Å². The first-order valence-electron chi connectivity index (χ1n) is 11.2. The van der Waals surface area contributed by atoms with E-state index in [1.54, 1.807) is 0 Å². The molecule has 0 spiro atoms. The minimum Gasteiger partial charge on any atom is -0.480 e. The molecule has 2 nitrogen and oxygen atoms in total. The molecule has 0 aliphatic carbocycles. The van der Waals surface area contributed by atoms with Crippen molar-refractivity contribution in [2.24, 2.45) is 0 Å². The van der Waals surface area contributed by atoms with Gasteiger partial charge in [-0.25, -0.2) is 0 Å². The number of rotatable bonds is 18. The Bertz CT molecular complexity index is 461. The zero-order chi connectivity index (χ0) is 19.6. The number of hydrogen-bond acceptors (Lipinski definition) is 2. The van der Waals surface area contributed by atoms with E-state index in [9.17, 15) is 9.90 Å². The molecule has 1 N–H and O–H groups in total. The lowest BCUT2D eigenvalue weighted by Crippen LogP contribution is -2.16. The van der Waals surface area contributed by atoms with Crippen molar-refractivity contribution < 1.29 is 9.90 Å². The Morgan fingerprint density at radius 2 is 1.22 bits per heavy atom. The largest absolute Gasteiger partial charge is 0.480 e. The van der Waals surface area contributed by atoms with E-state index in [2.05, 4.69) is 6.92 Å².